The van der Waals surface area contributed by atoms with Gasteiger partial charge in [-0.25, -0.2) is 0 Å². The van der Waals surface area contributed by atoms with E-state index in [1.807, 2.05) is 32.7 Å². The van der Waals surface area contributed by atoms with Crippen LogP contribution < -0.4 is 0 Å². The van der Waals surface area contributed by atoms with Gasteiger partial charge in [0.05, 0.1) is 18.8 Å². The quantitative estimate of drug-likeness (QED) is 0.668. The summed E-state index contributed by atoms with van der Waals surface area (Å²) in [7, 11) is 1.97. The molecule has 0 saturated carbocycles. The Morgan fingerprint density at radius 2 is 1.83 bits per heavy atom. The van der Waals surface area contributed by atoms with E-state index in [1.165, 1.54) is 0 Å². The van der Waals surface area contributed by atoms with E-state index < -0.39 is 0 Å². The molecule has 0 rings (SSSR count). The van der Waals surface area contributed by atoms with E-state index >= 15 is 0 Å². The molecule has 0 amide bonds. The van der Waals surface area contributed by atoms with Crippen LogP contribution in [0.5, 0.6) is 0 Å². The number of nitrogens with zero attached hydrogens (tertiary/aromatic N) is 1. The predicted molar refractivity (Wildman–Crippen MR) is 50.3 cm³/mol. The topological polar surface area (TPSA) is 32.7 Å². The zero-order valence-electron chi connectivity index (χ0n) is 8.63. The molecule has 0 aromatic carbocycles. The van der Waals surface area contributed by atoms with Crippen LogP contribution in [0.4, 0.5) is 0 Å². The van der Waals surface area contributed by atoms with Crippen molar-refractivity contribution in [3.63, 3.8) is 0 Å². The standard InChI is InChI=1S/C9H21NO2/c1-9(2,3)12-8-6-10(4)5-7-11/h11H,5-8H2,1-4H3. The normalized spacial score (nSPS) is 12.5. The largest absolute Gasteiger partial charge is 0.395 e. The van der Waals surface area contributed by atoms with Crippen molar-refractivity contribution < 1.29 is 9.84 Å². The third-order valence-electron chi connectivity index (χ3n) is 1.49. The third kappa shape index (κ3) is 7.98. The van der Waals surface area contributed by atoms with E-state index in [0.717, 1.165) is 13.2 Å². The van der Waals surface area contributed by atoms with Gasteiger partial charge in [0.15, 0.2) is 0 Å². The molecule has 0 fully saturated rings. The molecule has 12 heavy (non-hydrogen) atoms. The van der Waals surface area contributed by atoms with Gasteiger partial charge in [0.25, 0.3) is 0 Å². The maximum Gasteiger partial charge on any atom is 0.0600 e. The lowest BCUT2D eigenvalue weighted by molar-refractivity contribution is -0.0116. The van der Waals surface area contributed by atoms with E-state index in [0.29, 0.717) is 6.54 Å². The van der Waals surface area contributed by atoms with Gasteiger partial charge in [-0.3, -0.25) is 0 Å². The van der Waals surface area contributed by atoms with Crippen LogP contribution >= 0.6 is 0 Å². The lowest BCUT2D eigenvalue weighted by atomic mass is 10.2. The number of hydrogen-bond donors (Lipinski definition) is 1. The average molecular weight is 175 g/mol. The van der Waals surface area contributed by atoms with Crippen molar-refractivity contribution in [2.24, 2.45) is 0 Å². The minimum atomic E-state index is -0.0555. The molecule has 0 saturated heterocycles. The minimum Gasteiger partial charge on any atom is -0.395 e. The van der Waals surface area contributed by atoms with Crippen LogP contribution in [0.1, 0.15) is 20.8 Å². The van der Waals surface area contributed by atoms with Crippen LogP contribution in [0.2, 0.25) is 0 Å². The summed E-state index contributed by atoms with van der Waals surface area (Å²) < 4.78 is 5.52. The van der Waals surface area contributed by atoms with Crippen molar-refractivity contribution in [1.29, 1.82) is 0 Å². The molecule has 0 unspecified atom stereocenters. The van der Waals surface area contributed by atoms with Gasteiger partial charge in [-0.15, -0.1) is 0 Å². The van der Waals surface area contributed by atoms with E-state index in [2.05, 4.69) is 0 Å². The van der Waals surface area contributed by atoms with E-state index in [1.54, 1.807) is 0 Å². The highest BCUT2D eigenvalue weighted by Crippen LogP contribution is 2.05. The monoisotopic (exact) mass is 175 g/mol. The summed E-state index contributed by atoms with van der Waals surface area (Å²) in [5, 5.41) is 8.61. The SMILES string of the molecule is CN(CCO)CCOC(C)(C)C. The molecule has 0 aliphatic heterocycles. The van der Waals surface area contributed by atoms with Crippen molar-refractivity contribution in [2.75, 3.05) is 33.4 Å². The Bertz CT molecular complexity index is 110. The maximum atomic E-state index is 8.61. The highest BCUT2D eigenvalue weighted by Gasteiger charge is 2.09. The first kappa shape index (κ1) is 11.9. The fourth-order valence-corrected chi connectivity index (χ4v) is 0.790. The molecule has 0 bridgehead atoms. The fourth-order valence-electron chi connectivity index (χ4n) is 0.790. The molecule has 0 radical (unpaired) electrons. The minimum absolute atomic E-state index is 0.0555. The first-order chi connectivity index (χ1) is 5.45. The lowest BCUT2D eigenvalue weighted by Gasteiger charge is -2.22. The number of rotatable bonds is 5. The average Bonchev–Trinajstić information content (AvgIpc) is 1.84. The number of hydrogen-bond acceptors (Lipinski definition) is 3. The first-order valence-corrected chi connectivity index (χ1v) is 4.39. The lowest BCUT2D eigenvalue weighted by Crippen LogP contribution is -2.29. The first-order valence-electron chi connectivity index (χ1n) is 4.39. The van der Waals surface area contributed by atoms with Crippen LogP contribution in [-0.2, 0) is 4.74 Å². The Morgan fingerprint density at radius 3 is 2.25 bits per heavy atom. The number of likely N-dealkylation sites (N-methyl/N-ethyl adjacent to an activating group) is 1. The second-order valence-corrected chi connectivity index (χ2v) is 3.99. The summed E-state index contributed by atoms with van der Waals surface area (Å²) in [6.07, 6.45) is 0. The third-order valence-corrected chi connectivity index (χ3v) is 1.49. The smallest absolute Gasteiger partial charge is 0.0600 e. The van der Waals surface area contributed by atoms with Gasteiger partial charge in [0.2, 0.25) is 0 Å². The summed E-state index contributed by atoms with van der Waals surface area (Å²) in [5.41, 5.74) is -0.0555. The molecule has 3 heteroatoms. The highest BCUT2D eigenvalue weighted by molar-refractivity contribution is 4.59. The molecule has 74 valence electrons. The molecular formula is C9H21NO2. The molecule has 0 aliphatic rings. The van der Waals surface area contributed by atoms with Crippen LogP contribution in [0, 0.1) is 0 Å². The molecule has 3 nitrogen and oxygen atoms in total. The Kier molecular flexibility index (Phi) is 5.46. The zero-order valence-corrected chi connectivity index (χ0v) is 8.63. The molecule has 0 spiro atoms. The molecule has 0 atom stereocenters. The van der Waals surface area contributed by atoms with Crippen molar-refractivity contribution in [3.8, 4) is 0 Å². The van der Waals surface area contributed by atoms with E-state index in [4.69, 9.17) is 9.84 Å². The van der Waals surface area contributed by atoms with Crippen molar-refractivity contribution in [1.82, 2.24) is 4.90 Å². The zero-order chi connectivity index (χ0) is 9.61. The Balaban J connectivity index is 3.31. The molecule has 0 aliphatic carbocycles. The number of aliphatic hydroxyl groups is 1. The van der Waals surface area contributed by atoms with Crippen LogP contribution in [0.3, 0.4) is 0 Å². The molecule has 0 aromatic heterocycles. The Labute approximate surface area is 75.3 Å². The number of ether oxygens (including phenoxy) is 1. The van der Waals surface area contributed by atoms with Gasteiger partial charge in [-0.1, -0.05) is 0 Å². The van der Waals surface area contributed by atoms with Gasteiger partial charge < -0.3 is 14.7 Å². The molecule has 0 aromatic rings. The number of aliphatic hydroxyl groups excluding tert-OH is 1. The van der Waals surface area contributed by atoms with Gasteiger partial charge in [-0.2, -0.15) is 0 Å². The van der Waals surface area contributed by atoms with Crippen molar-refractivity contribution >= 4 is 0 Å². The molecule has 1 N–H and O–H groups in total. The van der Waals surface area contributed by atoms with Crippen LogP contribution in [0.25, 0.3) is 0 Å². The summed E-state index contributed by atoms with van der Waals surface area (Å²) in [6.45, 7) is 8.65. The van der Waals surface area contributed by atoms with Crippen molar-refractivity contribution in [3.05, 3.63) is 0 Å². The van der Waals surface area contributed by atoms with Crippen molar-refractivity contribution in [2.45, 2.75) is 26.4 Å². The van der Waals surface area contributed by atoms with Gasteiger partial charge in [0.1, 0.15) is 0 Å². The second-order valence-electron chi connectivity index (χ2n) is 3.99. The Morgan fingerprint density at radius 1 is 1.25 bits per heavy atom. The molecular weight excluding hydrogens is 154 g/mol. The predicted octanol–water partition coefficient (Wildman–Crippen LogP) is 0.726. The van der Waals surface area contributed by atoms with Gasteiger partial charge >= 0.3 is 0 Å². The van der Waals surface area contributed by atoms with Gasteiger partial charge in [0, 0.05) is 13.1 Å². The van der Waals surface area contributed by atoms with Gasteiger partial charge in [-0.05, 0) is 27.8 Å². The summed E-state index contributed by atoms with van der Waals surface area (Å²) in [5.74, 6) is 0. The highest BCUT2D eigenvalue weighted by atomic mass is 16.5. The maximum absolute atomic E-state index is 8.61. The Hall–Kier alpha value is -0.120. The van der Waals surface area contributed by atoms with E-state index in [9.17, 15) is 0 Å². The van der Waals surface area contributed by atoms with Crippen LogP contribution in [-0.4, -0.2) is 49.0 Å². The summed E-state index contributed by atoms with van der Waals surface area (Å²) in [6, 6.07) is 0. The summed E-state index contributed by atoms with van der Waals surface area (Å²) >= 11 is 0. The van der Waals surface area contributed by atoms with E-state index in [-0.39, 0.29) is 12.2 Å². The second kappa shape index (κ2) is 5.51. The van der Waals surface area contributed by atoms with Crippen LogP contribution in [0.15, 0.2) is 0 Å². The summed E-state index contributed by atoms with van der Waals surface area (Å²) in [4.78, 5) is 2.05. The molecule has 0 heterocycles. The fraction of sp³-hybridized carbons (Fsp3) is 1.00.